The maximum absolute atomic E-state index is 10.4. The van der Waals surface area contributed by atoms with Gasteiger partial charge in [0.25, 0.3) is 0 Å². The maximum atomic E-state index is 10.4. The summed E-state index contributed by atoms with van der Waals surface area (Å²) in [5.74, 6) is 2.41. The van der Waals surface area contributed by atoms with Gasteiger partial charge >= 0.3 is 0 Å². The third-order valence-electron chi connectivity index (χ3n) is 6.90. The molecule has 0 atom stereocenters. The Balaban J connectivity index is 1.50. The lowest BCUT2D eigenvalue weighted by Gasteiger charge is -2.22. The molecule has 0 aliphatic heterocycles. The Morgan fingerprint density at radius 2 is 1.26 bits per heavy atom. The van der Waals surface area contributed by atoms with Gasteiger partial charge in [0, 0.05) is 0 Å². The molecule has 3 heteroatoms. The second kappa shape index (κ2) is 16.8. The number of thioether (sulfide) groups is 1. The van der Waals surface area contributed by atoms with Crippen molar-refractivity contribution in [1.29, 1.82) is 0 Å². The van der Waals surface area contributed by atoms with Crippen molar-refractivity contribution in [3.63, 3.8) is 0 Å². The number of aromatic hydroxyl groups is 2. The van der Waals surface area contributed by atoms with Crippen molar-refractivity contribution in [2.45, 2.75) is 134 Å². The number of phenols is 2. The maximum Gasteiger partial charge on any atom is 0.129 e. The molecule has 0 heterocycles. The molecule has 1 aromatic rings. The molecule has 2 rings (SSSR count). The molecule has 0 bridgehead atoms. The van der Waals surface area contributed by atoms with Gasteiger partial charge in [-0.2, -0.15) is 0 Å². The summed E-state index contributed by atoms with van der Waals surface area (Å²) in [6.45, 7) is 2.28. The summed E-state index contributed by atoms with van der Waals surface area (Å²) < 4.78 is 0. The molecule has 0 spiro atoms. The van der Waals surface area contributed by atoms with Gasteiger partial charge in [0.1, 0.15) is 11.5 Å². The summed E-state index contributed by atoms with van der Waals surface area (Å²) >= 11 is 1.69. The zero-order chi connectivity index (χ0) is 22.2. The highest BCUT2D eigenvalue weighted by molar-refractivity contribution is 7.99. The molecule has 31 heavy (non-hydrogen) atoms. The van der Waals surface area contributed by atoms with Crippen LogP contribution in [0.15, 0.2) is 17.0 Å². The van der Waals surface area contributed by atoms with Crippen molar-refractivity contribution in [2.75, 3.05) is 5.75 Å². The highest BCUT2D eigenvalue weighted by Gasteiger charge is 2.17. The SMILES string of the molecule is CCCCCCCCCCCCCCCSc1cc(O)c(CC2CCCCC2)cc1O. The zero-order valence-electron chi connectivity index (χ0n) is 20.2. The van der Waals surface area contributed by atoms with Crippen LogP contribution < -0.4 is 0 Å². The first-order chi connectivity index (χ1) is 15.2. The third kappa shape index (κ3) is 11.6. The van der Waals surface area contributed by atoms with Gasteiger partial charge in [-0.3, -0.25) is 0 Å². The molecular formula is C28H48O2S. The van der Waals surface area contributed by atoms with E-state index in [1.54, 1.807) is 17.8 Å². The van der Waals surface area contributed by atoms with Crippen LogP contribution in [0.4, 0.5) is 0 Å². The Kier molecular flexibility index (Phi) is 14.3. The van der Waals surface area contributed by atoms with Gasteiger partial charge in [0.15, 0.2) is 0 Å². The van der Waals surface area contributed by atoms with Gasteiger partial charge in [0.05, 0.1) is 4.90 Å². The molecule has 1 aliphatic rings. The molecule has 1 aliphatic carbocycles. The van der Waals surface area contributed by atoms with Crippen LogP contribution in [0.25, 0.3) is 0 Å². The Morgan fingerprint density at radius 3 is 1.84 bits per heavy atom. The van der Waals surface area contributed by atoms with Gasteiger partial charge in [0.2, 0.25) is 0 Å². The number of unbranched alkanes of at least 4 members (excludes halogenated alkanes) is 12. The molecule has 1 aromatic carbocycles. The number of hydrogen-bond donors (Lipinski definition) is 2. The predicted octanol–water partition coefficient (Wildman–Crippen LogP) is 9.40. The number of phenolic OH excluding ortho intramolecular Hbond substituents is 2. The average molecular weight is 449 g/mol. The highest BCUT2D eigenvalue weighted by Crippen LogP contribution is 2.37. The average Bonchev–Trinajstić information content (AvgIpc) is 2.77. The summed E-state index contributed by atoms with van der Waals surface area (Å²) in [7, 11) is 0. The Bertz CT molecular complexity index is 581. The van der Waals surface area contributed by atoms with Crippen LogP contribution in [0, 0.1) is 5.92 Å². The van der Waals surface area contributed by atoms with Gasteiger partial charge in [-0.05, 0) is 42.2 Å². The molecule has 0 radical (unpaired) electrons. The summed E-state index contributed by atoms with van der Waals surface area (Å²) in [5, 5.41) is 20.9. The molecule has 0 unspecified atom stereocenters. The summed E-state index contributed by atoms with van der Waals surface area (Å²) in [5.41, 5.74) is 0.926. The van der Waals surface area contributed by atoms with E-state index in [-0.39, 0.29) is 0 Å². The predicted molar refractivity (Wildman–Crippen MR) is 136 cm³/mol. The van der Waals surface area contributed by atoms with Gasteiger partial charge in [-0.25, -0.2) is 0 Å². The smallest absolute Gasteiger partial charge is 0.129 e. The Morgan fingerprint density at radius 1 is 0.710 bits per heavy atom. The van der Waals surface area contributed by atoms with E-state index in [4.69, 9.17) is 0 Å². The second-order valence-electron chi connectivity index (χ2n) is 9.75. The van der Waals surface area contributed by atoms with Crippen LogP contribution in [0.5, 0.6) is 11.5 Å². The van der Waals surface area contributed by atoms with Crippen LogP contribution in [-0.2, 0) is 6.42 Å². The molecule has 0 saturated heterocycles. The highest BCUT2D eigenvalue weighted by atomic mass is 32.2. The minimum Gasteiger partial charge on any atom is -0.508 e. The first-order valence-electron chi connectivity index (χ1n) is 13.4. The van der Waals surface area contributed by atoms with Crippen LogP contribution in [0.1, 0.15) is 128 Å². The standard InChI is InChI=1S/C28H48O2S/c1-2-3-4-5-6-7-8-9-10-11-12-13-17-20-31-28-23-26(29)25(22-27(28)30)21-24-18-15-14-16-19-24/h22-24,29-30H,2-21H2,1H3. The second-order valence-corrected chi connectivity index (χ2v) is 10.9. The quantitative estimate of drug-likeness (QED) is 0.142. The van der Waals surface area contributed by atoms with E-state index in [1.165, 1.54) is 116 Å². The first kappa shape index (κ1) is 26.4. The molecular weight excluding hydrogens is 400 g/mol. The molecule has 2 N–H and O–H groups in total. The third-order valence-corrected chi connectivity index (χ3v) is 8.03. The minimum absolute atomic E-state index is 0.350. The normalized spacial score (nSPS) is 14.9. The number of rotatable bonds is 17. The fourth-order valence-electron chi connectivity index (χ4n) is 4.88. The largest absolute Gasteiger partial charge is 0.508 e. The van der Waals surface area contributed by atoms with Crippen molar-refractivity contribution in [1.82, 2.24) is 0 Å². The summed E-state index contributed by atoms with van der Waals surface area (Å²) in [6, 6.07) is 3.61. The van der Waals surface area contributed by atoms with E-state index >= 15 is 0 Å². The molecule has 1 fully saturated rings. The first-order valence-corrected chi connectivity index (χ1v) is 14.4. The monoisotopic (exact) mass is 448 g/mol. The zero-order valence-corrected chi connectivity index (χ0v) is 21.0. The van der Waals surface area contributed by atoms with E-state index in [9.17, 15) is 10.2 Å². The summed E-state index contributed by atoms with van der Waals surface area (Å²) in [4.78, 5) is 0.837. The van der Waals surface area contributed by atoms with Gasteiger partial charge in [-0.15, -0.1) is 11.8 Å². The van der Waals surface area contributed by atoms with E-state index < -0.39 is 0 Å². The molecule has 178 valence electrons. The Labute approximate surface area is 196 Å². The molecule has 1 saturated carbocycles. The lowest BCUT2D eigenvalue weighted by molar-refractivity contribution is 0.350. The minimum atomic E-state index is 0.350. The fourth-order valence-corrected chi connectivity index (χ4v) is 5.85. The molecule has 0 amide bonds. The van der Waals surface area contributed by atoms with Crippen LogP contribution in [-0.4, -0.2) is 16.0 Å². The van der Waals surface area contributed by atoms with Crippen LogP contribution in [0.2, 0.25) is 0 Å². The molecule has 0 aromatic heterocycles. The van der Waals surface area contributed by atoms with Crippen molar-refractivity contribution in [3.8, 4) is 11.5 Å². The van der Waals surface area contributed by atoms with Crippen LogP contribution in [0.3, 0.4) is 0 Å². The van der Waals surface area contributed by atoms with Crippen molar-refractivity contribution in [3.05, 3.63) is 17.7 Å². The van der Waals surface area contributed by atoms with Crippen molar-refractivity contribution in [2.24, 2.45) is 5.92 Å². The number of hydrogen-bond acceptors (Lipinski definition) is 3. The van der Waals surface area contributed by atoms with E-state index in [1.807, 2.05) is 6.07 Å². The van der Waals surface area contributed by atoms with E-state index in [0.717, 1.165) is 22.6 Å². The van der Waals surface area contributed by atoms with Crippen molar-refractivity contribution < 1.29 is 10.2 Å². The van der Waals surface area contributed by atoms with Crippen LogP contribution >= 0.6 is 11.8 Å². The topological polar surface area (TPSA) is 40.5 Å². The fraction of sp³-hybridized carbons (Fsp3) is 0.786. The van der Waals surface area contributed by atoms with E-state index in [2.05, 4.69) is 6.92 Å². The Hall–Kier alpha value is -0.830. The van der Waals surface area contributed by atoms with Gasteiger partial charge < -0.3 is 10.2 Å². The molecule has 2 nitrogen and oxygen atoms in total. The lowest BCUT2D eigenvalue weighted by Crippen LogP contribution is -2.09. The van der Waals surface area contributed by atoms with E-state index in [0.29, 0.717) is 17.4 Å². The lowest BCUT2D eigenvalue weighted by atomic mass is 9.84. The van der Waals surface area contributed by atoms with Gasteiger partial charge in [-0.1, -0.05) is 116 Å². The summed E-state index contributed by atoms with van der Waals surface area (Å²) in [6.07, 6.45) is 25.2. The number of benzene rings is 1. The van der Waals surface area contributed by atoms with Crippen molar-refractivity contribution >= 4 is 11.8 Å².